The maximum atomic E-state index is 15.4. The van der Waals surface area contributed by atoms with Crippen molar-refractivity contribution < 1.29 is 22.5 Å². The summed E-state index contributed by atoms with van der Waals surface area (Å²) in [6, 6.07) is 8.63. The third-order valence-corrected chi connectivity index (χ3v) is 7.36. The number of nitro benzene ring substituents is 1. The minimum Gasteiger partial charge on any atom is -0.320 e. The number of carbonyl (C=O) groups excluding carboxylic acids is 1. The predicted octanol–water partition coefficient (Wildman–Crippen LogP) is 5.02. The molecule has 1 saturated carbocycles. The summed E-state index contributed by atoms with van der Waals surface area (Å²) in [5, 5.41) is 14.0. The quantitative estimate of drug-likeness (QED) is 0.327. The Bertz CT molecular complexity index is 1410. The Kier molecular flexibility index (Phi) is 6.50. The number of rotatable bonds is 7. The van der Waals surface area contributed by atoms with Crippen LogP contribution < -0.4 is 5.32 Å². The number of hydrogen-bond donors (Lipinski definition) is 1. The largest absolute Gasteiger partial charge is 0.320 e. The number of nitro groups is 1. The van der Waals surface area contributed by atoms with Crippen LogP contribution in [0.25, 0.3) is 0 Å². The van der Waals surface area contributed by atoms with Gasteiger partial charge in [-0.1, -0.05) is 6.07 Å². The summed E-state index contributed by atoms with van der Waals surface area (Å²) in [5.74, 6) is -1.38. The van der Waals surface area contributed by atoms with Crippen molar-refractivity contribution in [1.29, 1.82) is 0 Å². The molecule has 0 aliphatic heterocycles. The van der Waals surface area contributed by atoms with Gasteiger partial charge in [0.05, 0.1) is 25.5 Å². The van der Waals surface area contributed by atoms with Crippen molar-refractivity contribution in [3.63, 3.8) is 0 Å². The Hall–Kier alpha value is -3.18. The van der Waals surface area contributed by atoms with E-state index in [1.165, 1.54) is 36.7 Å². The van der Waals surface area contributed by atoms with E-state index >= 15 is 4.39 Å². The lowest BCUT2D eigenvalue weighted by molar-refractivity contribution is -0.385. The molecule has 1 amide bonds. The van der Waals surface area contributed by atoms with Gasteiger partial charge in [0.25, 0.3) is 11.6 Å². The van der Waals surface area contributed by atoms with Crippen molar-refractivity contribution in [1.82, 2.24) is 4.98 Å². The predicted molar refractivity (Wildman–Crippen MR) is 127 cm³/mol. The summed E-state index contributed by atoms with van der Waals surface area (Å²) < 4.78 is 41.4. The van der Waals surface area contributed by atoms with Gasteiger partial charge in [0, 0.05) is 36.7 Å². The van der Waals surface area contributed by atoms with Crippen LogP contribution in [0.3, 0.4) is 0 Å². The Morgan fingerprint density at radius 3 is 2.62 bits per heavy atom. The highest BCUT2D eigenvalue weighted by Crippen LogP contribution is 2.47. The molecule has 1 fully saturated rings. The van der Waals surface area contributed by atoms with Gasteiger partial charge in [-0.05, 0) is 70.1 Å². The smallest absolute Gasteiger partial charge is 0.283 e. The van der Waals surface area contributed by atoms with Crippen LogP contribution in [0.5, 0.6) is 0 Å². The van der Waals surface area contributed by atoms with Crippen LogP contribution in [0, 0.1) is 15.9 Å². The molecule has 3 aromatic rings. The summed E-state index contributed by atoms with van der Waals surface area (Å²) in [5.41, 5.74) is 0.645. The number of pyridine rings is 1. The molecule has 1 aliphatic carbocycles. The van der Waals surface area contributed by atoms with Gasteiger partial charge < -0.3 is 5.32 Å². The average molecular weight is 548 g/mol. The minimum absolute atomic E-state index is 0.0434. The van der Waals surface area contributed by atoms with E-state index < -0.39 is 26.5 Å². The number of carbonyl (C=O) groups is 1. The zero-order valence-electron chi connectivity index (χ0n) is 17.9. The van der Waals surface area contributed by atoms with Gasteiger partial charge in [-0.15, -0.1) is 0 Å². The van der Waals surface area contributed by atoms with Crippen molar-refractivity contribution in [2.24, 2.45) is 0 Å². The van der Waals surface area contributed by atoms with Gasteiger partial charge >= 0.3 is 0 Å². The fourth-order valence-electron chi connectivity index (χ4n) is 3.80. The van der Waals surface area contributed by atoms with Gasteiger partial charge in [0.2, 0.25) is 0 Å². The number of aromatic nitrogens is 1. The molecule has 0 saturated heterocycles. The maximum absolute atomic E-state index is 15.4. The molecule has 0 radical (unpaired) electrons. The van der Waals surface area contributed by atoms with Gasteiger partial charge in [-0.3, -0.25) is 19.9 Å². The lowest BCUT2D eigenvalue weighted by atomic mass is 9.98. The fraction of sp³-hybridized carbons (Fsp3) is 0.217. The van der Waals surface area contributed by atoms with E-state index in [4.69, 9.17) is 0 Å². The Labute approximate surface area is 203 Å². The SMILES string of the molecule is CS(=O)(=O)c1c(Cc2ccc(Br)c([N+](=O)[O-])c2)c(F)cc(C2CC2)c1NC(=O)c1cccnc1. The van der Waals surface area contributed by atoms with Crippen molar-refractivity contribution in [2.45, 2.75) is 30.1 Å². The number of nitrogens with zero attached hydrogens (tertiary/aromatic N) is 2. The first-order valence-electron chi connectivity index (χ1n) is 10.3. The van der Waals surface area contributed by atoms with Crippen LogP contribution in [-0.2, 0) is 16.3 Å². The summed E-state index contributed by atoms with van der Waals surface area (Å²) in [6.45, 7) is 0. The normalized spacial score (nSPS) is 13.5. The zero-order valence-corrected chi connectivity index (χ0v) is 20.3. The molecule has 2 aromatic carbocycles. The molecule has 1 N–H and O–H groups in total. The number of sulfone groups is 1. The molecule has 4 rings (SSSR count). The number of anilines is 1. The number of benzene rings is 2. The summed E-state index contributed by atoms with van der Waals surface area (Å²) in [4.78, 5) is 27.2. The molecule has 0 atom stereocenters. The molecular weight excluding hydrogens is 529 g/mol. The lowest BCUT2D eigenvalue weighted by Gasteiger charge is -2.19. The molecule has 0 unspecified atom stereocenters. The van der Waals surface area contributed by atoms with Crippen LogP contribution in [0.2, 0.25) is 0 Å². The molecule has 34 heavy (non-hydrogen) atoms. The Morgan fingerprint density at radius 1 is 1.29 bits per heavy atom. The van der Waals surface area contributed by atoms with Crippen LogP contribution in [0.1, 0.15) is 45.8 Å². The molecule has 0 spiro atoms. The van der Waals surface area contributed by atoms with Crippen LogP contribution >= 0.6 is 15.9 Å². The van der Waals surface area contributed by atoms with Crippen molar-refractivity contribution >= 4 is 43.0 Å². The highest BCUT2D eigenvalue weighted by atomic mass is 79.9. The monoisotopic (exact) mass is 547 g/mol. The van der Waals surface area contributed by atoms with Crippen molar-refractivity contribution in [3.05, 3.63) is 91.4 Å². The topological polar surface area (TPSA) is 119 Å². The van der Waals surface area contributed by atoms with Gasteiger partial charge in [0.1, 0.15) is 5.82 Å². The first kappa shape index (κ1) is 24.0. The summed E-state index contributed by atoms with van der Waals surface area (Å²) in [7, 11) is -4.01. The van der Waals surface area contributed by atoms with Gasteiger partial charge in [-0.2, -0.15) is 0 Å². The zero-order chi connectivity index (χ0) is 24.6. The third-order valence-electron chi connectivity index (χ3n) is 5.50. The lowest BCUT2D eigenvalue weighted by Crippen LogP contribution is -2.19. The average Bonchev–Trinajstić information content (AvgIpc) is 3.61. The molecule has 0 bridgehead atoms. The first-order chi connectivity index (χ1) is 16.1. The molecule has 11 heteroatoms. The molecular formula is C23H19BrFN3O5S. The number of halogens is 2. The second kappa shape index (κ2) is 9.22. The highest BCUT2D eigenvalue weighted by molar-refractivity contribution is 9.10. The molecule has 8 nitrogen and oxygen atoms in total. The standard InChI is InChI=1S/C23H19BrFN3O5S/c1-34(32,33)22-17(9-13-4-7-18(24)20(10-13)28(30)31)19(25)11-16(14-5-6-14)21(22)27-23(29)15-3-2-8-26-12-15/h2-4,7-8,10-12,14H,5-6,9H2,1H3,(H,27,29). The molecule has 1 heterocycles. The van der Waals surface area contributed by atoms with E-state index in [0.29, 0.717) is 11.1 Å². The van der Waals surface area contributed by atoms with E-state index in [2.05, 4.69) is 26.2 Å². The molecule has 176 valence electrons. The van der Waals surface area contributed by atoms with E-state index in [9.17, 15) is 23.3 Å². The van der Waals surface area contributed by atoms with Crippen LogP contribution in [0.15, 0.2) is 58.2 Å². The number of amides is 1. The number of nitrogens with one attached hydrogen (secondary N) is 1. The minimum atomic E-state index is -4.01. The van der Waals surface area contributed by atoms with Crippen LogP contribution in [0.4, 0.5) is 15.8 Å². The Balaban J connectivity index is 1.87. The van der Waals surface area contributed by atoms with Gasteiger partial charge in [0.15, 0.2) is 9.84 Å². The summed E-state index contributed by atoms with van der Waals surface area (Å²) in [6.07, 6.45) is 5.07. The van der Waals surface area contributed by atoms with Gasteiger partial charge in [-0.25, -0.2) is 12.8 Å². The molecule has 1 aliphatic rings. The second-order valence-electron chi connectivity index (χ2n) is 8.09. The maximum Gasteiger partial charge on any atom is 0.283 e. The van der Waals surface area contributed by atoms with E-state index in [0.717, 1.165) is 19.1 Å². The van der Waals surface area contributed by atoms with Crippen molar-refractivity contribution in [3.8, 4) is 0 Å². The van der Waals surface area contributed by atoms with E-state index in [1.54, 1.807) is 12.1 Å². The van der Waals surface area contributed by atoms with E-state index in [-0.39, 0.29) is 44.2 Å². The first-order valence-corrected chi connectivity index (χ1v) is 12.9. The van der Waals surface area contributed by atoms with E-state index in [1.807, 2.05) is 0 Å². The summed E-state index contributed by atoms with van der Waals surface area (Å²) >= 11 is 3.11. The molecule has 1 aromatic heterocycles. The third kappa shape index (κ3) is 5.00. The highest BCUT2D eigenvalue weighted by Gasteiger charge is 2.34. The number of hydrogen-bond acceptors (Lipinski definition) is 6. The van der Waals surface area contributed by atoms with Crippen molar-refractivity contribution in [2.75, 3.05) is 11.6 Å². The Morgan fingerprint density at radius 2 is 2.03 bits per heavy atom. The van der Waals surface area contributed by atoms with Crippen LogP contribution in [-0.4, -0.2) is 30.5 Å². The second-order valence-corrected chi connectivity index (χ2v) is 10.9. The fourth-order valence-corrected chi connectivity index (χ4v) is 5.35.